The number of Topliss-reactive ketones (excluding diaryl/α,β-unsaturated/α-hetero) is 2. The predicted octanol–water partition coefficient (Wildman–Crippen LogP) is 5.63. The molecule has 3 aliphatic carbocycles. The Balaban J connectivity index is 1.67. The van der Waals surface area contributed by atoms with Crippen LogP contribution in [0.4, 0.5) is 0 Å². The maximum absolute atomic E-state index is 14.5. The summed E-state index contributed by atoms with van der Waals surface area (Å²) in [5.41, 5.74) is -1.26. The molecule has 40 heavy (non-hydrogen) atoms. The van der Waals surface area contributed by atoms with Gasteiger partial charge in [0.2, 0.25) is 0 Å². The van der Waals surface area contributed by atoms with Gasteiger partial charge in [0.1, 0.15) is 34.7 Å². The molecule has 2 fully saturated rings. The maximum Gasteiger partial charge on any atom is 0.200 e. The van der Waals surface area contributed by atoms with Crippen LogP contribution in [0.5, 0.6) is 17.2 Å². The Kier molecular flexibility index (Phi) is 5.54. The first kappa shape index (κ1) is 26.8. The monoisotopic (exact) mass is 544 g/mol. The highest BCUT2D eigenvalue weighted by molar-refractivity contribution is 6.19. The molecule has 0 amide bonds. The van der Waals surface area contributed by atoms with E-state index in [1.165, 1.54) is 0 Å². The van der Waals surface area contributed by atoms with Gasteiger partial charge < -0.3 is 19.3 Å². The van der Waals surface area contributed by atoms with Gasteiger partial charge in [0.25, 0.3) is 0 Å². The molecule has 4 atom stereocenters. The van der Waals surface area contributed by atoms with E-state index in [2.05, 4.69) is 0 Å². The van der Waals surface area contributed by atoms with Gasteiger partial charge in [-0.15, -0.1) is 0 Å². The van der Waals surface area contributed by atoms with E-state index < -0.39 is 28.3 Å². The van der Waals surface area contributed by atoms with E-state index >= 15 is 0 Å². The first-order valence-corrected chi connectivity index (χ1v) is 13.9. The summed E-state index contributed by atoms with van der Waals surface area (Å²) in [6.45, 7) is 13.4. The zero-order valence-electron chi connectivity index (χ0n) is 24.1. The predicted molar refractivity (Wildman–Crippen MR) is 150 cm³/mol. The van der Waals surface area contributed by atoms with Crippen LogP contribution in [0.1, 0.15) is 82.8 Å². The van der Waals surface area contributed by atoms with Crippen molar-refractivity contribution in [2.45, 2.75) is 90.1 Å². The van der Waals surface area contributed by atoms with Gasteiger partial charge in [-0.25, -0.2) is 0 Å². The number of fused-ring (bicyclic) bond motifs is 2. The van der Waals surface area contributed by atoms with Gasteiger partial charge in [-0.1, -0.05) is 23.8 Å². The van der Waals surface area contributed by atoms with Crippen LogP contribution in [-0.4, -0.2) is 45.4 Å². The average molecular weight is 545 g/mol. The molecule has 1 unspecified atom stereocenters. The van der Waals surface area contributed by atoms with Crippen LogP contribution in [0.25, 0.3) is 6.08 Å². The molecule has 1 spiro atoms. The van der Waals surface area contributed by atoms with Gasteiger partial charge in [-0.2, -0.15) is 0 Å². The smallest absolute Gasteiger partial charge is 0.200 e. The number of rotatable bonds is 5. The molecule has 0 aromatic heterocycles. The summed E-state index contributed by atoms with van der Waals surface area (Å²) in [6.07, 6.45) is 10.8. The number of carbonyl (C=O) groups excluding carboxylic acids is 3. The molecule has 3 aliphatic heterocycles. The highest BCUT2D eigenvalue weighted by Crippen LogP contribution is 2.68. The van der Waals surface area contributed by atoms with Gasteiger partial charge in [0, 0.05) is 29.4 Å². The molecular formula is C33H36O7. The molecule has 7 heteroatoms. The lowest BCUT2D eigenvalue weighted by atomic mass is 9.51. The van der Waals surface area contributed by atoms with E-state index in [1.807, 2.05) is 53.7 Å². The van der Waals surface area contributed by atoms with Gasteiger partial charge in [-0.05, 0) is 79.0 Å². The van der Waals surface area contributed by atoms with E-state index in [4.69, 9.17) is 14.2 Å². The van der Waals surface area contributed by atoms with Crippen LogP contribution in [0.3, 0.4) is 0 Å². The second kappa shape index (κ2) is 8.29. The van der Waals surface area contributed by atoms with Crippen molar-refractivity contribution < 1.29 is 33.7 Å². The van der Waals surface area contributed by atoms with Crippen molar-refractivity contribution in [2.75, 3.05) is 0 Å². The largest absolute Gasteiger partial charge is 0.506 e. The lowest BCUT2D eigenvalue weighted by Gasteiger charge is -2.56. The van der Waals surface area contributed by atoms with Gasteiger partial charge in [0.15, 0.2) is 22.8 Å². The van der Waals surface area contributed by atoms with Gasteiger partial charge in [0.05, 0.1) is 11.2 Å². The third kappa shape index (κ3) is 3.30. The third-order valence-corrected chi connectivity index (χ3v) is 9.23. The summed E-state index contributed by atoms with van der Waals surface area (Å²) < 4.78 is 20.2. The number of aldehydes is 1. The summed E-state index contributed by atoms with van der Waals surface area (Å²) in [5, 5.41) is 11.5. The molecule has 1 saturated carbocycles. The molecule has 7 rings (SSSR count). The Morgan fingerprint density at radius 3 is 2.48 bits per heavy atom. The molecule has 1 aromatic carbocycles. The number of ether oxygens (including phenoxy) is 3. The number of carbonyl (C=O) groups is 3. The molecule has 4 bridgehead atoms. The van der Waals surface area contributed by atoms with Crippen molar-refractivity contribution in [3.63, 3.8) is 0 Å². The minimum Gasteiger partial charge on any atom is -0.506 e. The molecule has 3 heterocycles. The molecule has 7 nitrogen and oxygen atoms in total. The number of ketones is 2. The van der Waals surface area contributed by atoms with Crippen LogP contribution in [-0.2, 0) is 20.7 Å². The Hall–Kier alpha value is -3.45. The van der Waals surface area contributed by atoms with Crippen molar-refractivity contribution in [1.82, 2.24) is 0 Å². The minimum atomic E-state index is -1.49. The molecule has 6 aliphatic rings. The summed E-state index contributed by atoms with van der Waals surface area (Å²) in [4.78, 5) is 40.1. The van der Waals surface area contributed by atoms with E-state index in [1.54, 1.807) is 25.2 Å². The zero-order valence-corrected chi connectivity index (χ0v) is 24.1. The molecule has 0 radical (unpaired) electrons. The number of phenolic OH excluding ortho intramolecular Hbond substituents is 1. The second-order valence-corrected chi connectivity index (χ2v) is 13.1. The fourth-order valence-corrected chi connectivity index (χ4v) is 7.41. The Morgan fingerprint density at radius 1 is 1.07 bits per heavy atom. The third-order valence-electron chi connectivity index (χ3n) is 9.23. The lowest BCUT2D eigenvalue weighted by molar-refractivity contribution is -0.171. The molecular weight excluding hydrogens is 508 g/mol. The van der Waals surface area contributed by atoms with Crippen LogP contribution in [0.15, 0.2) is 41.0 Å². The van der Waals surface area contributed by atoms with Crippen LogP contribution >= 0.6 is 0 Å². The summed E-state index contributed by atoms with van der Waals surface area (Å²) in [5.74, 6) is -0.814. The van der Waals surface area contributed by atoms with Crippen molar-refractivity contribution in [3.05, 3.63) is 57.7 Å². The van der Waals surface area contributed by atoms with E-state index in [0.29, 0.717) is 40.9 Å². The minimum absolute atomic E-state index is 0.0905. The standard InChI is InChI=1S/C33H36O7/c1-17(2)8-9-21-27-20(11-12-30(4,5)38-27)25(35)24-26(36)22-14-19-15-23-31(6,7)40-32(29(19)37,13-10-18(3)16-34)33(22,23)39-28(21)24/h8,10-12,14,16,19,23,35H,9,13,15H2,1-7H3/b18-10+/t19-,23-,32?,33-/m1/s1. The van der Waals surface area contributed by atoms with Gasteiger partial charge in [-0.3, -0.25) is 14.4 Å². The SMILES string of the molecule is CC(C)=CCc1c2c(c(O)c3c1O[C@]14C(=C[C@@H]5C[C@@H]1C(C)(C)OC4(C/C=C(\C)C=O)C5=O)C3=O)C=CC(C)(C)O2. The Morgan fingerprint density at radius 2 is 1.80 bits per heavy atom. The second-order valence-electron chi connectivity index (χ2n) is 13.1. The fourth-order valence-electron chi connectivity index (χ4n) is 7.41. The van der Waals surface area contributed by atoms with Crippen molar-refractivity contribution >= 4 is 23.9 Å². The number of hydrogen-bond acceptors (Lipinski definition) is 7. The Labute approximate surface area is 234 Å². The highest BCUT2D eigenvalue weighted by Gasteiger charge is 2.81. The van der Waals surface area contributed by atoms with Crippen LogP contribution < -0.4 is 9.47 Å². The first-order chi connectivity index (χ1) is 18.7. The number of aromatic hydroxyl groups is 1. The van der Waals surface area contributed by atoms with Crippen LogP contribution in [0.2, 0.25) is 0 Å². The number of phenols is 1. The van der Waals surface area contributed by atoms with Crippen molar-refractivity contribution in [3.8, 4) is 17.2 Å². The average Bonchev–Trinajstić information content (AvgIpc) is 3.03. The molecule has 210 valence electrons. The van der Waals surface area contributed by atoms with Crippen LogP contribution in [0, 0.1) is 11.8 Å². The summed E-state index contributed by atoms with van der Waals surface area (Å²) in [7, 11) is 0. The normalized spacial score (nSPS) is 31.9. The first-order valence-electron chi connectivity index (χ1n) is 13.9. The fraction of sp³-hybridized carbons (Fsp3) is 0.485. The van der Waals surface area contributed by atoms with E-state index in [0.717, 1.165) is 11.9 Å². The number of allylic oxidation sites excluding steroid dienone is 4. The lowest BCUT2D eigenvalue weighted by Crippen LogP contribution is -2.72. The van der Waals surface area contributed by atoms with E-state index in [-0.39, 0.29) is 41.0 Å². The zero-order chi connectivity index (χ0) is 29.0. The quantitative estimate of drug-likeness (QED) is 0.292. The molecule has 1 N–H and O–H groups in total. The summed E-state index contributed by atoms with van der Waals surface area (Å²) in [6, 6.07) is 0. The molecule has 1 saturated heterocycles. The number of benzene rings is 1. The van der Waals surface area contributed by atoms with E-state index in [9.17, 15) is 19.5 Å². The van der Waals surface area contributed by atoms with Gasteiger partial charge >= 0.3 is 0 Å². The summed E-state index contributed by atoms with van der Waals surface area (Å²) >= 11 is 0. The topological polar surface area (TPSA) is 99.1 Å². The number of hydrogen-bond donors (Lipinski definition) is 1. The Bertz CT molecular complexity index is 1510. The molecule has 1 aromatic rings. The van der Waals surface area contributed by atoms with Crippen molar-refractivity contribution in [2.24, 2.45) is 11.8 Å². The van der Waals surface area contributed by atoms with Crippen molar-refractivity contribution in [1.29, 1.82) is 0 Å². The highest BCUT2D eigenvalue weighted by atomic mass is 16.6. The maximum atomic E-state index is 14.5.